The third-order valence-corrected chi connectivity index (χ3v) is 1.82. The molecule has 0 aliphatic carbocycles. The van der Waals surface area contributed by atoms with Gasteiger partial charge in [-0.3, -0.25) is 0 Å². The van der Waals surface area contributed by atoms with Gasteiger partial charge in [-0.2, -0.15) is 0 Å². The molecular weight excluding hydrogens is 530 g/mol. The summed E-state index contributed by atoms with van der Waals surface area (Å²) < 4.78 is 15.0. The van der Waals surface area contributed by atoms with Gasteiger partial charge < -0.3 is 14.2 Å². The minimum absolute atomic E-state index is 0.778. The van der Waals surface area contributed by atoms with Crippen molar-refractivity contribution in [2.45, 2.75) is 19.3 Å². The first-order chi connectivity index (χ1) is 8.00. The number of hydrogen-bond acceptors (Lipinski definition) is 3. The van der Waals surface area contributed by atoms with Gasteiger partial charge in [0.25, 0.3) is 0 Å². The van der Waals surface area contributed by atoms with Crippen molar-refractivity contribution in [3.8, 4) is 0 Å². The third kappa shape index (κ3) is 23.8. The van der Waals surface area contributed by atoms with Gasteiger partial charge in [0.05, 0.1) is 26.4 Å². The Morgan fingerprint density at radius 2 is 0.824 bits per heavy atom. The van der Waals surface area contributed by atoms with Crippen LogP contribution in [0.15, 0.2) is 0 Å². The summed E-state index contributed by atoms with van der Waals surface area (Å²) in [5.41, 5.74) is 0. The molecule has 0 aromatic heterocycles. The summed E-state index contributed by atoms with van der Waals surface area (Å²) >= 11 is -3.45. The van der Waals surface area contributed by atoms with E-state index in [9.17, 15) is 0 Å². The Labute approximate surface area is 121 Å². The normalized spacial score (nSPS) is 20.5. The second kappa shape index (κ2) is 13.4. The fourth-order valence-corrected chi connectivity index (χ4v) is 1.13. The zero-order valence-electron chi connectivity index (χ0n) is 9.60. The molecule has 0 aromatic carbocycles. The van der Waals surface area contributed by atoms with E-state index in [1.165, 1.54) is 19.3 Å². The molecule has 2 heterocycles. The van der Waals surface area contributed by atoms with Crippen molar-refractivity contribution in [2.75, 3.05) is 39.6 Å². The summed E-state index contributed by atoms with van der Waals surface area (Å²) in [6.45, 7) is 5.11. The van der Waals surface area contributed by atoms with E-state index in [4.69, 9.17) is 38.1 Å². The molecule has 2 saturated heterocycles. The molecule has 0 N–H and O–H groups in total. The van der Waals surface area contributed by atoms with Crippen LogP contribution in [0, 0.1) is 25.6 Å². The Morgan fingerprint density at radius 3 is 0.941 bits per heavy atom. The fraction of sp³-hybridized carbons (Fsp3) is 1.00. The predicted molar refractivity (Wildman–Crippen MR) is 69.7 cm³/mol. The molecule has 0 saturated carbocycles. The zero-order chi connectivity index (χ0) is 13.0. The van der Waals surface area contributed by atoms with Crippen LogP contribution in [0.2, 0.25) is 0 Å². The van der Waals surface area contributed by atoms with Gasteiger partial charge in [0.15, 0.2) is 0 Å². The molecule has 0 bridgehead atoms. The molecule has 3 nitrogen and oxygen atoms in total. The molecular formula is C9H18Cl4O3Th. The number of rotatable bonds is 0. The summed E-state index contributed by atoms with van der Waals surface area (Å²) in [5, 5.41) is 0. The van der Waals surface area contributed by atoms with Crippen LogP contribution in [-0.2, 0) is 14.2 Å². The zero-order valence-corrected chi connectivity index (χ0v) is 16.7. The van der Waals surface area contributed by atoms with Crippen LogP contribution in [0.5, 0.6) is 0 Å². The van der Waals surface area contributed by atoms with Crippen LogP contribution in [0.25, 0.3) is 0 Å². The van der Waals surface area contributed by atoms with E-state index in [0.717, 1.165) is 39.6 Å². The van der Waals surface area contributed by atoms with Crippen molar-refractivity contribution < 1.29 is 39.8 Å². The van der Waals surface area contributed by atoms with E-state index < -0.39 is 25.6 Å². The Morgan fingerprint density at radius 1 is 0.529 bits per heavy atom. The number of hydrogen-bond donors (Lipinski definition) is 0. The Bertz CT molecular complexity index is 120. The topological polar surface area (TPSA) is 27.7 Å². The van der Waals surface area contributed by atoms with Gasteiger partial charge in [-0.15, -0.1) is 0 Å². The molecule has 2 aliphatic rings. The maximum absolute atomic E-state index is 5.07. The second-order valence-corrected chi connectivity index (χ2v) is 38.5. The molecule has 0 amide bonds. The van der Waals surface area contributed by atoms with Gasteiger partial charge >= 0.3 is 49.5 Å². The molecule has 104 valence electrons. The van der Waals surface area contributed by atoms with Gasteiger partial charge in [0.1, 0.15) is 0 Å². The number of ether oxygens (including phenoxy) is 3. The molecule has 0 radical (unpaired) electrons. The van der Waals surface area contributed by atoms with Gasteiger partial charge in [-0.25, -0.2) is 0 Å². The van der Waals surface area contributed by atoms with Crippen LogP contribution in [-0.4, -0.2) is 39.6 Å². The molecule has 2 rings (SSSR count). The fourth-order valence-electron chi connectivity index (χ4n) is 1.13. The Balaban J connectivity index is 0.000000228. The average Bonchev–Trinajstić information content (AvgIpc) is 2.32. The average molecular weight is 548 g/mol. The Hall–Kier alpha value is 2.36. The molecule has 0 unspecified atom stereocenters. The molecule has 0 aromatic rings. The SMILES string of the molecule is C1CCOCC1.C1COCCO1.[Cl][Th]([Cl])([Cl])[Cl]. The van der Waals surface area contributed by atoms with Crippen LogP contribution >= 0.6 is 23.9 Å². The molecule has 0 atom stereocenters. The summed E-state index contributed by atoms with van der Waals surface area (Å²) in [5.74, 6) is 20.2. The second-order valence-electron chi connectivity index (χ2n) is 3.33. The van der Waals surface area contributed by atoms with Crippen LogP contribution < -0.4 is 0 Å². The summed E-state index contributed by atoms with van der Waals surface area (Å²) in [6.07, 6.45) is 3.93. The van der Waals surface area contributed by atoms with Crippen molar-refractivity contribution in [1.82, 2.24) is 0 Å². The van der Waals surface area contributed by atoms with E-state index in [2.05, 4.69) is 0 Å². The molecule has 0 spiro atoms. The van der Waals surface area contributed by atoms with Crippen molar-refractivity contribution in [2.24, 2.45) is 0 Å². The van der Waals surface area contributed by atoms with Gasteiger partial charge in [0, 0.05) is 13.2 Å². The third-order valence-electron chi connectivity index (χ3n) is 1.82. The van der Waals surface area contributed by atoms with Crippen molar-refractivity contribution in [1.29, 1.82) is 0 Å². The minimum atomic E-state index is -3.45. The summed E-state index contributed by atoms with van der Waals surface area (Å²) in [4.78, 5) is 0. The molecule has 2 fully saturated rings. The first kappa shape index (κ1) is 19.4. The monoisotopic (exact) mass is 546 g/mol. The standard InChI is InChI=1S/C5H10O.C4H8O2.4ClH.Th/c1-2-4-6-5-3-1;1-2-6-4-3-5-1;;;;;/h1-5H2;1-4H2;4*1H;/q;;;;;;+4/p-4. The van der Waals surface area contributed by atoms with Crippen molar-refractivity contribution in [3.63, 3.8) is 0 Å². The van der Waals surface area contributed by atoms with Gasteiger partial charge in [0.2, 0.25) is 0 Å². The van der Waals surface area contributed by atoms with E-state index >= 15 is 0 Å². The van der Waals surface area contributed by atoms with E-state index in [-0.39, 0.29) is 0 Å². The first-order valence-electron chi connectivity index (χ1n) is 5.49. The summed E-state index contributed by atoms with van der Waals surface area (Å²) in [6, 6.07) is 0. The van der Waals surface area contributed by atoms with E-state index in [1.807, 2.05) is 0 Å². The van der Waals surface area contributed by atoms with E-state index in [1.54, 1.807) is 0 Å². The van der Waals surface area contributed by atoms with Crippen molar-refractivity contribution >= 4 is 23.9 Å². The predicted octanol–water partition coefficient (Wildman–Crippen LogP) is 3.98. The Kier molecular flexibility index (Phi) is 15.2. The van der Waals surface area contributed by atoms with Crippen LogP contribution in [0.4, 0.5) is 0 Å². The van der Waals surface area contributed by atoms with E-state index in [0.29, 0.717) is 0 Å². The van der Waals surface area contributed by atoms with Crippen LogP contribution in [0.1, 0.15) is 19.3 Å². The molecule has 8 heteroatoms. The molecule has 17 heavy (non-hydrogen) atoms. The first-order valence-corrected chi connectivity index (χ1v) is 25.6. The number of halogens is 4. The summed E-state index contributed by atoms with van der Waals surface area (Å²) in [7, 11) is 0. The van der Waals surface area contributed by atoms with Gasteiger partial charge in [-0.05, 0) is 19.3 Å². The maximum atomic E-state index is 5.07. The van der Waals surface area contributed by atoms with Crippen molar-refractivity contribution in [3.05, 3.63) is 0 Å². The van der Waals surface area contributed by atoms with Gasteiger partial charge in [-0.1, -0.05) is 0 Å². The quantitative estimate of drug-likeness (QED) is 0.459. The molecule has 2 aliphatic heterocycles. The van der Waals surface area contributed by atoms with Crippen LogP contribution in [0.3, 0.4) is 0 Å².